The van der Waals surface area contributed by atoms with E-state index in [4.69, 9.17) is 0 Å². The zero-order chi connectivity index (χ0) is 14.3. The normalized spacial score (nSPS) is 10.8. The summed E-state index contributed by atoms with van der Waals surface area (Å²) in [4.78, 5) is 24.2. The van der Waals surface area contributed by atoms with E-state index in [0.717, 1.165) is 0 Å². The SMILES string of the molecule is Cc1c(C(=O)O)c2ccccc2c(=O)n1-c1ccsc1. The molecule has 2 heterocycles. The molecule has 4 nitrogen and oxygen atoms in total. The second kappa shape index (κ2) is 4.61. The Kier molecular flexibility index (Phi) is 2.91. The first-order valence-corrected chi connectivity index (χ1v) is 6.95. The van der Waals surface area contributed by atoms with Crippen molar-refractivity contribution in [3.05, 3.63) is 62.7 Å². The number of hydrogen-bond donors (Lipinski definition) is 1. The number of aromatic nitrogens is 1. The molecule has 1 N–H and O–H groups in total. The van der Waals surface area contributed by atoms with Crippen molar-refractivity contribution in [3.8, 4) is 5.69 Å². The van der Waals surface area contributed by atoms with Crippen LogP contribution in [0.3, 0.4) is 0 Å². The van der Waals surface area contributed by atoms with Gasteiger partial charge in [0.2, 0.25) is 0 Å². The molecule has 5 heteroatoms. The zero-order valence-corrected chi connectivity index (χ0v) is 11.5. The van der Waals surface area contributed by atoms with Crippen molar-refractivity contribution >= 4 is 28.1 Å². The lowest BCUT2D eigenvalue weighted by molar-refractivity contribution is 0.0697. The molecular formula is C15H11NO3S. The molecule has 0 aliphatic heterocycles. The summed E-state index contributed by atoms with van der Waals surface area (Å²) >= 11 is 1.46. The molecule has 0 saturated carbocycles. The number of carbonyl (C=O) groups is 1. The molecule has 0 unspecified atom stereocenters. The topological polar surface area (TPSA) is 59.3 Å². The van der Waals surface area contributed by atoms with Crippen molar-refractivity contribution in [1.82, 2.24) is 4.57 Å². The lowest BCUT2D eigenvalue weighted by atomic mass is 10.0. The third kappa shape index (κ3) is 1.75. The monoisotopic (exact) mass is 285 g/mol. The zero-order valence-electron chi connectivity index (χ0n) is 10.7. The highest BCUT2D eigenvalue weighted by atomic mass is 32.1. The van der Waals surface area contributed by atoms with Crippen LogP contribution in [0.1, 0.15) is 16.1 Å². The standard InChI is InChI=1S/C15H11NO3S/c1-9-13(15(18)19)11-4-2-3-5-12(11)14(17)16(9)10-6-7-20-8-10/h2-8H,1H3,(H,18,19). The van der Waals surface area contributed by atoms with Gasteiger partial charge in [0.25, 0.3) is 5.56 Å². The summed E-state index contributed by atoms with van der Waals surface area (Å²) in [6.07, 6.45) is 0. The van der Waals surface area contributed by atoms with Gasteiger partial charge in [0.1, 0.15) is 0 Å². The molecule has 3 aromatic rings. The van der Waals surface area contributed by atoms with Crippen LogP contribution in [0.25, 0.3) is 16.5 Å². The molecule has 0 saturated heterocycles. The Balaban J connectivity index is 2.55. The third-order valence-corrected chi connectivity index (χ3v) is 3.98. The fourth-order valence-corrected chi connectivity index (χ4v) is 3.05. The number of hydrogen-bond acceptors (Lipinski definition) is 3. The molecule has 1 aromatic carbocycles. The molecule has 0 spiro atoms. The predicted octanol–water partition coefficient (Wildman–Crippen LogP) is 3.06. The Morgan fingerprint density at radius 3 is 2.50 bits per heavy atom. The smallest absolute Gasteiger partial charge is 0.338 e. The van der Waals surface area contributed by atoms with E-state index in [-0.39, 0.29) is 11.1 Å². The van der Waals surface area contributed by atoms with Crippen molar-refractivity contribution in [2.75, 3.05) is 0 Å². The summed E-state index contributed by atoms with van der Waals surface area (Å²) in [5.41, 5.74) is 1.12. The van der Waals surface area contributed by atoms with Gasteiger partial charge >= 0.3 is 5.97 Å². The number of aromatic carboxylic acids is 1. The quantitative estimate of drug-likeness (QED) is 0.787. The summed E-state index contributed by atoms with van der Waals surface area (Å²) in [7, 11) is 0. The van der Waals surface area contributed by atoms with E-state index in [1.807, 2.05) is 10.8 Å². The van der Waals surface area contributed by atoms with Crippen LogP contribution in [0, 0.1) is 6.92 Å². The number of thiophene rings is 1. The van der Waals surface area contributed by atoms with Crippen LogP contribution in [-0.4, -0.2) is 15.6 Å². The van der Waals surface area contributed by atoms with Gasteiger partial charge < -0.3 is 5.11 Å². The largest absolute Gasteiger partial charge is 0.478 e. The van der Waals surface area contributed by atoms with Crippen molar-refractivity contribution < 1.29 is 9.90 Å². The van der Waals surface area contributed by atoms with Crippen LogP contribution < -0.4 is 5.56 Å². The first-order valence-electron chi connectivity index (χ1n) is 6.01. The van der Waals surface area contributed by atoms with Gasteiger partial charge in [-0.05, 0) is 24.4 Å². The highest BCUT2D eigenvalue weighted by molar-refractivity contribution is 7.08. The Bertz CT molecular complexity index is 863. The lowest BCUT2D eigenvalue weighted by Crippen LogP contribution is -2.23. The molecule has 0 radical (unpaired) electrons. The van der Waals surface area contributed by atoms with Crippen LogP contribution in [0.2, 0.25) is 0 Å². The van der Waals surface area contributed by atoms with E-state index >= 15 is 0 Å². The molecule has 100 valence electrons. The van der Waals surface area contributed by atoms with Gasteiger partial charge in [-0.1, -0.05) is 18.2 Å². The molecule has 0 aliphatic rings. The number of carboxylic acids is 1. The second-order valence-electron chi connectivity index (χ2n) is 4.43. The highest BCUT2D eigenvalue weighted by Crippen LogP contribution is 2.22. The van der Waals surface area contributed by atoms with Crippen molar-refractivity contribution in [2.24, 2.45) is 0 Å². The van der Waals surface area contributed by atoms with Gasteiger partial charge in [-0.2, -0.15) is 11.3 Å². The minimum absolute atomic E-state index is 0.173. The van der Waals surface area contributed by atoms with Crippen LogP contribution >= 0.6 is 11.3 Å². The fourth-order valence-electron chi connectivity index (χ4n) is 2.43. The summed E-state index contributed by atoms with van der Waals surface area (Å²) in [5.74, 6) is -1.03. The van der Waals surface area contributed by atoms with E-state index in [2.05, 4.69) is 0 Å². The maximum Gasteiger partial charge on any atom is 0.338 e. The average molecular weight is 285 g/mol. The van der Waals surface area contributed by atoms with Crippen molar-refractivity contribution in [3.63, 3.8) is 0 Å². The maximum atomic E-state index is 12.6. The molecule has 3 rings (SSSR count). The van der Waals surface area contributed by atoms with Gasteiger partial charge in [0.15, 0.2) is 0 Å². The van der Waals surface area contributed by atoms with Gasteiger partial charge in [-0.25, -0.2) is 4.79 Å². The van der Waals surface area contributed by atoms with Gasteiger partial charge in [0, 0.05) is 21.8 Å². The number of benzene rings is 1. The Morgan fingerprint density at radius 1 is 1.20 bits per heavy atom. The summed E-state index contributed by atoms with van der Waals surface area (Å²) in [6.45, 7) is 1.66. The number of nitrogens with zero attached hydrogens (tertiary/aromatic N) is 1. The number of fused-ring (bicyclic) bond motifs is 1. The predicted molar refractivity (Wildman–Crippen MR) is 79.1 cm³/mol. The van der Waals surface area contributed by atoms with Crippen molar-refractivity contribution in [2.45, 2.75) is 6.92 Å². The molecule has 0 atom stereocenters. The minimum Gasteiger partial charge on any atom is -0.478 e. The summed E-state index contributed by atoms with van der Waals surface area (Å²) in [5, 5.41) is 14.0. The molecule has 0 amide bonds. The number of pyridine rings is 1. The van der Waals surface area contributed by atoms with E-state index in [1.54, 1.807) is 37.3 Å². The molecule has 0 bridgehead atoms. The van der Waals surface area contributed by atoms with Gasteiger partial charge in [-0.15, -0.1) is 0 Å². The maximum absolute atomic E-state index is 12.6. The van der Waals surface area contributed by atoms with Gasteiger partial charge in [-0.3, -0.25) is 9.36 Å². The average Bonchev–Trinajstić information content (AvgIpc) is 2.92. The molecule has 20 heavy (non-hydrogen) atoms. The Labute approximate surface area is 118 Å². The molecule has 0 aliphatic carbocycles. The van der Waals surface area contributed by atoms with Crippen LogP contribution in [0.4, 0.5) is 0 Å². The molecule has 0 fully saturated rings. The second-order valence-corrected chi connectivity index (χ2v) is 5.21. The first kappa shape index (κ1) is 12.6. The van der Waals surface area contributed by atoms with E-state index in [1.165, 1.54) is 15.9 Å². The molecule has 2 aromatic heterocycles. The van der Waals surface area contributed by atoms with Crippen LogP contribution in [-0.2, 0) is 0 Å². The summed E-state index contributed by atoms with van der Waals surface area (Å²) in [6, 6.07) is 8.61. The van der Waals surface area contributed by atoms with Crippen molar-refractivity contribution in [1.29, 1.82) is 0 Å². The minimum atomic E-state index is -1.03. The van der Waals surface area contributed by atoms with Gasteiger partial charge in [0.05, 0.1) is 11.3 Å². The van der Waals surface area contributed by atoms with Crippen LogP contribution in [0.5, 0.6) is 0 Å². The number of rotatable bonds is 2. The van der Waals surface area contributed by atoms with E-state index in [9.17, 15) is 14.7 Å². The lowest BCUT2D eigenvalue weighted by Gasteiger charge is -2.13. The van der Waals surface area contributed by atoms with E-state index in [0.29, 0.717) is 22.2 Å². The number of carboxylic acid groups (broad SMARTS) is 1. The fraction of sp³-hybridized carbons (Fsp3) is 0.0667. The molecular weight excluding hydrogens is 274 g/mol. The summed E-state index contributed by atoms with van der Waals surface area (Å²) < 4.78 is 1.46. The van der Waals surface area contributed by atoms with Crippen LogP contribution in [0.15, 0.2) is 45.9 Å². The third-order valence-electron chi connectivity index (χ3n) is 3.31. The Hall–Kier alpha value is -2.40. The van der Waals surface area contributed by atoms with E-state index < -0.39 is 5.97 Å². The highest BCUT2D eigenvalue weighted by Gasteiger charge is 2.19. The Morgan fingerprint density at radius 2 is 1.90 bits per heavy atom. The first-order chi connectivity index (χ1) is 9.61.